The van der Waals surface area contributed by atoms with Gasteiger partial charge >= 0.3 is 0 Å². The zero-order chi connectivity index (χ0) is 23.5. The maximum absolute atomic E-state index is 13.0. The van der Waals surface area contributed by atoms with Gasteiger partial charge in [-0.05, 0) is 48.5 Å². The van der Waals surface area contributed by atoms with E-state index < -0.39 is 0 Å². The molecule has 1 saturated heterocycles. The quantitative estimate of drug-likeness (QED) is 0.417. The van der Waals surface area contributed by atoms with E-state index in [-0.39, 0.29) is 5.91 Å². The molecule has 0 atom stereocenters. The van der Waals surface area contributed by atoms with Crippen molar-refractivity contribution in [1.82, 2.24) is 4.98 Å². The van der Waals surface area contributed by atoms with Crippen molar-refractivity contribution in [3.63, 3.8) is 0 Å². The molecule has 3 aromatic carbocycles. The first kappa shape index (κ1) is 22.0. The summed E-state index contributed by atoms with van der Waals surface area (Å²) in [6, 6.07) is 23.1. The number of halogens is 1. The van der Waals surface area contributed by atoms with Crippen molar-refractivity contribution in [2.75, 3.05) is 48.4 Å². The van der Waals surface area contributed by atoms with Crippen molar-refractivity contribution >= 4 is 45.5 Å². The average Bonchev–Trinajstić information content (AvgIpc) is 2.89. The van der Waals surface area contributed by atoms with Gasteiger partial charge in [0, 0.05) is 47.8 Å². The number of amides is 1. The van der Waals surface area contributed by atoms with E-state index in [0.29, 0.717) is 16.3 Å². The van der Waals surface area contributed by atoms with Gasteiger partial charge in [0.1, 0.15) is 5.75 Å². The Hall–Kier alpha value is -3.77. The van der Waals surface area contributed by atoms with E-state index >= 15 is 0 Å². The van der Waals surface area contributed by atoms with E-state index in [2.05, 4.69) is 38.3 Å². The number of methoxy groups -OCH3 is 1. The maximum Gasteiger partial charge on any atom is 0.255 e. The van der Waals surface area contributed by atoms with Crippen LogP contribution in [0.1, 0.15) is 10.4 Å². The van der Waals surface area contributed by atoms with Gasteiger partial charge in [0.05, 0.1) is 30.2 Å². The zero-order valence-corrected chi connectivity index (χ0v) is 19.6. The third-order valence-corrected chi connectivity index (χ3v) is 6.35. The smallest absolute Gasteiger partial charge is 0.255 e. The molecule has 0 unspecified atom stereocenters. The first-order valence-corrected chi connectivity index (χ1v) is 11.6. The summed E-state index contributed by atoms with van der Waals surface area (Å²) in [5, 5.41) is 4.61. The maximum atomic E-state index is 13.0. The Kier molecular flexibility index (Phi) is 6.23. The number of pyridine rings is 1. The van der Waals surface area contributed by atoms with Gasteiger partial charge in [0.15, 0.2) is 0 Å². The van der Waals surface area contributed by atoms with Crippen LogP contribution in [-0.4, -0.2) is 44.2 Å². The number of benzene rings is 3. The molecule has 2 heterocycles. The molecule has 172 valence electrons. The molecule has 0 spiro atoms. The van der Waals surface area contributed by atoms with Crippen molar-refractivity contribution in [2.24, 2.45) is 0 Å². The van der Waals surface area contributed by atoms with E-state index in [1.807, 2.05) is 30.3 Å². The predicted molar refractivity (Wildman–Crippen MR) is 139 cm³/mol. The molecule has 1 fully saturated rings. The standard InChI is InChI=1S/C27H25ClN4O2/c1-34-22-11-9-21(10-12-22)31-13-15-32(16-14-31)26-23-7-2-3-8-24(23)29-18-25(26)30-27(33)19-5-4-6-20(28)17-19/h2-12,17-18H,13-16H2,1H3,(H,30,33). The van der Waals surface area contributed by atoms with Crippen LogP contribution in [0, 0.1) is 0 Å². The summed E-state index contributed by atoms with van der Waals surface area (Å²) < 4.78 is 5.28. The summed E-state index contributed by atoms with van der Waals surface area (Å²) in [4.78, 5) is 22.3. The molecular formula is C27H25ClN4O2. The highest BCUT2D eigenvalue weighted by molar-refractivity contribution is 6.31. The second-order valence-corrected chi connectivity index (χ2v) is 8.61. The third kappa shape index (κ3) is 4.50. The van der Waals surface area contributed by atoms with Crippen LogP contribution >= 0.6 is 11.6 Å². The van der Waals surface area contributed by atoms with Crippen LogP contribution in [0.4, 0.5) is 17.1 Å². The van der Waals surface area contributed by atoms with Crippen LogP contribution in [0.3, 0.4) is 0 Å². The first-order valence-electron chi connectivity index (χ1n) is 11.2. The molecule has 0 saturated carbocycles. The second kappa shape index (κ2) is 9.61. The number of anilines is 3. The zero-order valence-electron chi connectivity index (χ0n) is 18.9. The molecule has 1 amide bonds. The lowest BCUT2D eigenvalue weighted by Crippen LogP contribution is -2.46. The van der Waals surface area contributed by atoms with E-state index in [1.165, 1.54) is 5.69 Å². The fourth-order valence-corrected chi connectivity index (χ4v) is 4.55. The Morgan fingerprint density at radius 1 is 0.941 bits per heavy atom. The number of hydrogen-bond acceptors (Lipinski definition) is 5. The number of carbonyl (C=O) groups excluding carboxylic acids is 1. The monoisotopic (exact) mass is 472 g/mol. The number of para-hydroxylation sites is 1. The molecule has 1 aromatic heterocycles. The highest BCUT2D eigenvalue weighted by atomic mass is 35.5. The molecule has 1 N–H and O–H groups in total. The number of fused-ring (bicyclic) bond motifs is 1. The Bertz CT molecular complexity index is 1320. The SMILES string of the molecule is COc1ccc(N2CCN(c3c(NC(=O)c4cccc(Cl)c4)cnc4ccccc34)CC2)cc1. The van der Waals surface area contributed by atoms with Gasteiger partial charge in [-0.3, -0.25) is 9.78 Å². The summed E-state index contributed by atoms with van der Waals surface area (Å²) in [6.45, 7) is 3.37. The lowest BCUT2D eigenvalue weighted by atomic mass is 10.1. The Balaban J connectivity index is 1.42. The van der Waals surface area contributed by atoms with Crippen molar-refractivity contribution in [1.29, 1.82) is 0 Å². The molecule has 1 aliphatic rings. The second-order valence-electron chi connectivity index (χ2n) is 8.17. The van der Waals surface area contributed by atoms with E-state index in [1.54, 1.807) is 37.6 Å². The van der Waals surface area contributed by atoms with Crippen LogP contribution in [0.2, 0.25) is 5.02 Å². The van der Waals surface area contributed by atoms with Crippen molar-refractivity contribution in [2.45, 2.75) is 0 Å². The number of nitrogens with zero attached hydrogens (tertiary/aromatic N) is 3. The van der Waals surface area contributed by atoms with Crippen LogP contribution in [0.25, 0.3) is 10.9 Å². The molecule has 1 aliphatic heterocycles. The number of ether oxygens (including phenoxy) is 1. The minimum atomic E-state index is -0.210. The molecule has 0 bridgehead atoms. The van der Waals surface area contributed by atoms with Gasteiger partial charge < -0.3 is 19.9 Å². The Morgan fingerprint density at radius 3 is 2.41 bits per heavy atom. The van der Waals surface area contributed by atoms with Gasteiger partial charge in [-0.25, -0.2) is 0 Å². The summed E-state index contributed by atoms with van der Waals surface area (Å²) >= 11 is 6.09. The van der Waals surface area contributed by atoms with E-state index in [0.717, 1.165) is 48.5 Å². The van der Waals surface area contributed by atoms with Crippen molar-refractivity contribution in [3.8, 4) is 5.75 Å². The molecule has 5 rings (SSSR count). The van der Waals surface area contributed by atoms with Gasteiger partial charge in [-0.15, -0.1) is 0 Å². The first-order chi connectivity index (χ1) is 16.6. The number of carbonyl (C=O) groups is 1. The largest absolute Gasteiger partial charge is 0.497 e. The van der Waals surface area contributed by atoms with Gasteiger partial charge in [0.25, 0.3) is 5.91 Å². The fourth-order valence-electron chi connectivity index (χ4n) is 4.36. The van der Waals surface area contributed by atoms with Crippen LogP contribution in [0.15, 0.2) is 79.0 Å². The molecule has 0 radical (unpaired) electrons. The number of aromatic nitrogens is 1. The van der Waals surface area contributed by atoms with E-state index in [4.69, 9.17) is 16.3 Å². The fraction of sp³-hybridized carbons (Fsp3) is 0.185. The molecule has 7 heteroatoms. The average molecular weight is 473 g/mol. The highest BCUT2D eigenvalue weighted by Crippen LogP contribution is 2.35. The summed E-state index contributed by atoms with van der Waals surface area (Å²) in [5.41, 5.74) is 4.28. The number of piperazine rings is 1. The predicted octanol–water partition coefficient (Wildman–Crippen LogP) is 5.48. The molecule has 4 aromatic rings. The summed E-state index contributed by atoms with van der Waals surface area (Å²) in [5.74, 6) is 0.642. The van der Waals surface area contributed by atoms with Gasteiger partial charge in [0.2, 0.25) is 0 Å². The van der Waals surface area contributed by atoms with Crippen LogP contribution in [0.5, 0.6) is 5.75 Å². The minimum absolute atomic E-state index is 0.210. The number of hydrogen-bond donors (Lipinski definition) is 1. The Labute approximate surface area is 203 Å². The van der Waals surface area contributed by atoms with Gasteiger partial charge in [-0.2, -0.15) is 0 Å². The molecular weight excluding hydrogens is 448 g/mol. The molecule has 0 aliphatic carbocycles. The minimum Gasteiger partial charge on any atom is -0.497 e. The normalized spacial score (nSPS) is 13.7. The molecule has 6 nitrogen and oxygen atoms in total. The van der Waals surface area contributed by atoms with E-state index in [9.17, 15) is 4.79 Å². The van der Waals surface area contributed by atoms with Crippen LogP contribution in [-0.2, 0) is 0 Å². The highest BCUT2D eigenvalue weighted by Gasteiger charge is 2.23. The van der Waals surface area contributed by atoms with Gasteiger partial charge in [-0.1, -0.05) is 35.9 Å². The lowest BCUT2D eigenvalue weighted by Gasteiger charge is -2.38. The topological polar surface area (TPSA) is 57.7 Å². The lowest BCUT2D eigenvalue weighted by molar-refractivity contribution is 0.102. The third-order valence-electron chi connectivity index (χ3n) is 6.12. The molecule has 34 heavy (non-hydrogen) atoms. The van der Waals surface area contributed by atoms with Crippen LogP contribution < -0.4 is 19.9 Å². The number of nitrogens with one attached hydrogen (secondary N) is 1. The Morgan fingerprint density at radius 2 is 1.68 bits per heavy atom. The summed E-state index contributed by atoms with van der Waals surface area (Å²) in [7, 11) is 1.68. The van der Waals surface area contributed by atoms with Crippen molar-refractivity contribution < 1.29 is 9.53 Å². The summed E-state index contributed by atoms with van der Waals surface area (Å²) in [6.07, 6.45) is 1.75. The number of rotatable bonds is 5. The van der Waals surface area contributed by atoms with Crippen molar-refractivity contribution in [3.05, 3.63) is 89.6 Å².